The van der Waals surface area contributed by atoms with E-state index in [4.69, 9.17) is 14.0 Å². The molecule has 1 aromatic rings. The highest BCUT2D eigenvalue weighted by atomic mass is 16.7. The molecule has 0 aromatic carbocycles. The smallest absolute Gasteiger partial charge is 0.290 e. The van der Waals surface area contributed by atoms with Gasteiger partial charge in [-0.15, -0.1) is 0 Å². The predicted octanol–water partition coefficient (Wildman–Crippen LogP) is 1.11. The van der Waals surface area contributed by atoms with Crippen molar-refractivity contribution in [2.24, 2.45) is 0 Å². The maximum atomic E-state index is 12.3. The maximum Gasteiger partial charge on any atom is 0.290 e. The van der Waals surface area contributed by atoms with Crippen LogP contribution in [0.15, 0.2) is 22.8 Å². The molecule has 2 aliphatic rings. The topological polar surface area (TPSA) is 81.0 Å². The Kier molecular flexibility index (Phi) is 4.74. The molecule has 1 unspecified atom stereocenters. The normalized spacial score (nSPS) is 22.7. The van der Waals surface area contributed by atoms with Crippen LogP contribution in [0.3, 0.4) is 0 Å². The van der Waals surface area contributed by atoms with Crippen LogP contribution in [0.4, 0.5) is 0 Å². The first-order valence-electron chi connectivity index (χ1n) is 7.63. The minimum atomic E-state index is -0.502. The summed E-state index contributed by atoms with van der Waals surface area (Å²) < 4.78 is 10.4. The van der Waals surface area contributed by atoms with Crippen LogP contribution < -0.4 is 5.48 Å². The number of hydrogen-bond acceptors (Lipinski definition) is 5. The average Bonchev–Trinajstić information content (AvgIpc) is 3.24. The van der Waals surface area contributed by atoms with Crippen molar-refractivity contribution in [1.29, 1.82) is 0 Å². The first-order chi connectivity index (χ1) is 10.8. The second-order valence-corrected chi connectivity index (χ2v) is 5.53. The lowest BCUT2D eigenvalue weighted by Gasteiger charge is -2.25. The molecular formula is C15H20N2O5. The Morgan fingerprint density at radius 1 is 1.27 bits per heavy atom. The van der Waals surface area contributed by atoms with Gasteiger partial charge >= 0.3 is 0 Å². The van der Waals surface area contributed by atoms with Gasteiger partial charge in [0.1, 0.15) is 6.04 Å². The van der Waals surface area contributed by atoms with Crippen molar-refractivity contribution in [2.45, 2.75) is 37.8 Å². The van der Waals surface area contributed by atoms with Crippen LogP contribution in [0.25, 0.3) is 0 Å². The number of hydroxylamine groups is 1. The van der Waals surface area contributed by atoms with Gasteiger partial charge in [0.25, 0.3) is 11.8 Å². The molecule has 0 saturated carbocycles. The molecule has 7 heteroatoms. The number of carbonyl (C=O) groups excluding carboxylic acids is 2. The number of furan rings is 1. The first-order valence-corrected chi connectivity index (χ1v) is 7.63. The van der Waals surface area contributed by atoms with Gasteiger partial charge in [0.05, 0.1) is 12.4 Å². The van der Waals surface area contributed by atoms with Gasteiger partial charge in [0.15, 0.2) is 5.76 Å². The Morgan fingerprint density at radius 3 is 2.82 bits per heavy atom. The summed E-state index contributed by atoms with van der Waals surface area (Å²) >= 11 is 0. The van der Waals surface area contributed by atoms with Crippen molar-refractivity contribution in [3.8, 4) is 0 Å². The van der Waals surface area contributed by atoms with Crippen LogP contribution in [-0.4, -0.2) is 48.6 Å². The number of nitrogens with one attached hydrogen (secondary N) is 1. The maximum absolute atomic E-state index is 12.3. The number of nitrogens with zero attached hydrogens (tertiary/aromatic N) is 1. The lowest BCUT2D eigenvalue weighted by Crippen LogP contribution is -2.47. The number of ether oxygens (including phenoxy) is 1. The van der Waals surface area contributed by atoms with Crippen molar-refractivity contribution < 1.29 is 23.6 Å². The SMILES string of the molecule is O=C(NOC1CCOCC1)C1CCCN1C(=O)c1ccco1. The van der Waals surface area contributed by atoms with Gasteiger partial charge in [-0.2, -0.15) is 0 Å². The third kappa shape index (κ3) is 3.31. The summed E-state index contributed by atoms with van der Waals surface area (Å²) in [6, 6.07) is 2.76. The molecule has 0 aliphatic carbocycles. The first kappa shape index (κ1) is 15.1. The molecular weight excluding hydrogens is 288 g/mol. The second kappa shape index (κ2) is 6.93. The monoisotopic (exact) mass is 308 g/mol. The van der Waals surface area contributed by atoms with E-state index >= 15 is 0 Å². The highest BCUT2D eigenvalue weighted by molar-refractivity contribution is 5.95. The summed E-state index contributed by atoms with van der Waals surface area (Å²) in [6.07, 6.45) is 4.39. The lowest BCUT2D eigenvalue weighted by molar-refractivity contribution is -0.147. The zero-order chi connectivity index (χ0) is 15.4. The fraction of sp³-hybridized carbons (Fsp3) is 0.600. The van der Waals surface area contributed by atoms with Crippen LogP contribution in [0, 0.1) is 0 Å². The van der Waals surface area contributed by atoms with Crippen molar-refractivity contribution in [3.05, 3.63) is 24.2 Å². The van der Waals surface area contributed by atoms with Crippen molar-refractivity contribution >= 4 is 11.8 Å². The van der Waals surface area contributed by atoms with E-state index in [-0.39, 0.29) is 23.7 Å². The second-order valence-electron chi connectivity index (χ2n) is 5.53. The molecule has 2 saturated heterocycles. The highest BCUT2D eigenvalue weighted by Crippen LogP contribution is 2.21. The average molecular weight is 308 g/mol. The quantitative estimate of drug-likeness (QED) is 0.843. The van der Waals surface area contributed by atoms with Crippen LogP contribution in [-0.2, 0) is 14.4 Å². The Hall–Kier alpha value is -1.86. The molecule has 0 bridgehead atoms. The Bertz CT molecular complexity index is 510. The number of carbonyl (C=O) groups is 2. The van der Waals surface area contributed by atoms with Crippen LogP contribution in [0.1, 0.15) is 36.2 Å². The molecule has 22 heavy (non-hydrogen) atoms. The minimum absolute atomic E-state index is 0.0201. The molecule has 0 spiro atoms. The predicted molar refractivity (Wildman–Crippen MR) is 75.8 cm³/mol. The zero-order valence-corrected chi connectivity index (χ0v) is 12.3. The third-order valence-electron chi connectivity index (χ3n) is 4.04. The van der Waals surface area contributed by atoms with E-state index in [9.17, 15) is 9.59 Å². The van der Waals surface area contributed by atoms with Gasteiger partial charge in [-0.1, -0.05) is 0 Å². The minimum Gasteiger partial charge on any atom is -0.459 e. The number of hydrogen-bond donors (Lipinski definition) is 1. The van der Waals surface area contributed by atoms with Gasteiger partial charge < -0.3 is 14.1 Å². The summed E-state index contributed by atoms with van der Waals surface area (Å²) in [5, 5.41) is 0. The van der Waals surface area contributed by atoms with E-state index in [1.165, 1.54) is 6.26 Å². The molecule has 3 rings (SSSR count). The third-order valence-corrected chi connectivity index (χ3v) is 4.04. The van der Waals surface area contributed by atoms with E-state index in [0.717, 1.165) is 19.3 Å². The van der Waals surface area contributed by atoms with Gasteiger partial charge in [-0.05, 0) is 37.8 Å². The van der Waals surface area contributed by atoms with Gasteiger partial charge in [-0.25, -0.2) is 5.48 Å². The molecule has 3 heterocycles. The summed E-state index contributed by atoms with van der Waals surface area (Å²) in [5.41, 5.74) is 2.51. The van der Waals surface area contributed by atoms with Crippen molar-refractivity contribution in [3.63, 3.8) is 0 Å². The molecule has 2 aliphatic heterocycles. The van der Waals surface area contributed by atoms with E-state index in [2.05, 4.69) is 5.48 Å². The largest absolute Gasteiger partial charge is 0.459 e. The molecule has 2 amide bonds. The molecule has 7 nitrogen and oxygen atoms in total. The number of rotatable bonds is 4. The fourth-order valence-corrected chi connectivity index (χ4v) is 2.83. The van der Waals surface area contributed by atoms with Crippen molar-refractivity contribution in [1.82, 2.24) is 10.4 Å². The zero-order valence-electron chi connectivity index (χ0n) is 12.3. The highest BCUT2D eigenvalue weighted by Gasteiger charge is 2.36. The van der Waals surface area contributed by atoms with Crippen LogP contribution in [0.5, 0.6) is 0 Å². The molecule has 2 fully saturated rings. The summed E-state index contributed by atoms with van der Waals surface area (Å²) in [5.74, 6) is -0.275. The Balaban J connectivity index is 1.55. The van der Waals surface area contributed by atoms with Gasteiger partial charge in [0, 0.05) is 19.8 Å². The van der Waals surface area contributed by atoms with Gasteiger partial charge in [-0.3, -0.25) is 14.4 Å². The summed E-state index contributed by atoms with van der Waals surface area (Å²) in [4.78, 5) is 31.6. The van der Waals surface area contributed by atoms with E-state index in [1.807, 2.05) is 0 Å². The van der Waals surface area contributed by atoms with Gasteiger partial charge in [0.2, 0.25) is 0 Å². The van der Waals surface area contributed by atoms with E-state index in [0.29, 0.717) is 26.2 Å². The van der Waals surface area contributed by atoms with Crippen LogP contribution >= 0.6 is 0 Å². The molecule has 1 atom stereocenters. The van der Waals surface area contributed by atoms with E-state index in [1.54, 1.807) is 17.0 Å². The molecule has 0 radical (unpaired) electrons. The van der Waals surface area contributed by atoms with Crippen LogP contribution in [0.2, 0.25) is 0 Å². The number of likely N-dealkylation sites (tertiary alicyclic amines) is 1. The summed E-state index contributed by atoms with van der Waals surface area (Å²) in [7, 11) is 0. The fourth-order valence-electron chi connectivity index (χ4n) is 2.83. The molecule has 1 N–H and O–H groups in total. The standard InChI is InChI=1S/C15H20N2O5/c18-14(16-22-11-5-9-20-10-6-11)12-3-1-7-17(12)15(19)13-4-2-8-21-13/h2,4,8,11-12H,1,3,5-7,9-10H2,(H,16,18). The summed E-state index contributed by atoms with van der Waals surface area (Å²) in [6.45, 7) is 1.84. The lowest BCUT2D eigenvalue weighted by atomic mass is 10.2. The Labute approximate surface area is 128 Å². The van der Waals surface area contributed by atoms with Crippen molar-refractivity contribution in [2.75, 3.05) is 19.8 Å². The number of amides is 2. The molecule has 1 aromatic heterocycles. The Morgan fingerprint density at radius 2 is 2.09 bits per heavy atom. The van der Waals surface area contributed by atoms with E-state index < -0.39 is 6.04 Å². The molecule has 120 valence electrons.